The number of nitrogens with one attached hydrogen (secondary N) is 1. The molecule has 2 amide bonds. The van der Waals surface area contributed by atoms with Gasteiger partial charge >= 0.3 is 0 Å². The Balaban J connectivity index is 1.51. The van der Waals surface area contributed by atoms with Crippen LogP contribution in [-0.4, -0.2) is 33.5 Å². The minimum absolute atomic E-state index is 0.0591. The third-order valence-electron chi connectivity index (χ3n) is 5.05. The van der Waals surface area contributed by atoms with Crippen molar-refractivity contribution in [3.63, 3.8) is 0 Å². The molecule has 0 saturated carbocycles. The van der Waals surface area contributed by atoms with E-state index in [1.54, 1.807) is 30.3 Å². The Kier molecular flexibility index (Phi) is 5.29. The molecule has 0 bridgehead atoms. The lowest BCUT2D eigenvalue weighted by Crippen LogP contribution is -2.38. The van der Waals surface area contributed by atoms with Crippen molar-refractivity contribution in [2.24, 2.45) is 5.73 Å². The van der Waals surface area contributed by atoms with E-state index in [0.717, 1.165) is 30.7 Å². The lowest BCUT2D eigenvalue weighted by atomic mass is 9.98. The number of amides is 2. The summed E-state index contributed by atoms with van der Waals surface area (Å²) in [5.74, 6) is 0.765. The first-order valence-electron chi connectivity index (χ1n) is 9.61. The Morgan fingerprint density at radius 3 is 2.45 bits per heavy atom. The molecular weight excluding hydrogens is 368 g/mol. The number of nitrogens with zero attached hydrogens (tertiary/aromatic N) is 2. The van der Waals surface area contributed by atoms with E-state index in [0.29, 0.717) is 17.9 Å². The van der Waals surface area contributed by atoms with Crippen LogP contribution in [0.25, 0.3) is 0 Å². The van der Waals surface area contributed by atoms with Crippen LogP contribution in [0.15, 0.2) is 60.7 Å². The molecule has 1 atom stereocenters. The highest BCUT2D eigenvalue weighted by Crippen LogP contribution is 2.32. The maximum Gasteiger partial charge on any atom is 0.269 e. The molecule has 3 aromatic rings. The first-order chi connectivity index (χ1) is 14.1. The van der Waals surface area contributed by atoms with Gasteiger partial charge in [0.25, 0.3) is 11.8 Å². The number of aromatic nitrogens is 2. The molecule has 1 aliphatic heterocycles. The topological polar surface area (TPSA) is 101 Å². The molecule has 148 valence electrons. The van der Waals surface area contributed by atoms with Crippen LogP contribution in [0.1, 0.15) is 51.8 Å². The number of para-hydroxylation sites is 1. The molecule has 7 nitrogen and oxygen atoms in total. The predicted molar refractivity (Wildman–Crippen MR) is 108 cm³/mol. The van der Waals surface area contributed by atoms with Gasteiger partial charge in [-0.2, -0.15) is 5.10 Å². The number of rotatable bonds is 5. The molecule has 1 aliphatic rings. The average molecular weight is 390 g/mol. The van der Waals surface area contributed by atoms with Crippen molar-refractivity contribution in [2.75, 3.05) is 6.54 Å². The largest absolute Gasteiger partial charge is 0.457 e. The number of benzene rings is 2. The number of aromatic amines is 1. The summed E-state index contributed by atoms with van der Waals surface area (Å²) in [6.07, 6.45) is 2.75. The van der Waals surface area contributed by atoms with E-state index in [1.807, 2.05) is 35.2 Å². The van der Waals surface area contributed by atoms with Crippen molar-refractivity contribution < 1.29 is 14.3 Å². The molecule has 0 radical (unpaired) electrons. The molecule has 29 heavy (non-hydrogen) atoms. The molecule has 2 heterocycles. The van der Waals surface area contributed by atoms with Crippen LogP contribution in [0.5, 0.6) is 11.5 Å². The number of primary amides is 1. The highest BCUT2D eigenvalue weighted by Gasteiger charge is 2.30. The van der Waals surface area contributed by atoms with Gasteiger partial charge in [0.1, 0.15) is 17.2 Å². The monoisotopic (exact) mass is 390 g/mol. The summed E-state index contributed by atoms with van der Waals surface area (Å²) in [6.45, 7) is 0.649. The Morgan fingerprint density at radius 2 is 1.76 bits per heavy atom. The zero-order valence-corrected chi connectivity index (χ0v) is 15.9. The maximum absolute atomic E-state index is 13.2. The fraction of sp³-hybridized carbons (Fsp3) is 0.227. The maximum atomic E-state index is 13.2. The second kappa shape index (κ2) is 8.18. The van der Waals surface area contributed by atoms with Crippen molar-refractivity contribution in [2.45, 2.75) is 25.3 Å². The number of ether oxygens (including phenoxy) is 1. The van der Waals surface area contributed by atoms with E-state index >= 15 is 0 Å². The smallest absolute Gasteiger partial charge is 0.269 e. The number of H-pyrrole nitrogens is 1. The fourth-order valence-corrected chi connectivity index (χ4v) is 3.59. The standard InChI is InChI=1S/C22H22N4O3/c23-21(27)19-14-18(24-25-19)20-8-4-5-13-26(20)22(28)15-9-11-17(12-10-15)29-16-6-2-1-3-7-16/h1-3,6-7,9-12,14,20H,4-5,8,13H2,(H2,23,27)(H,24,25). The molecule has 0 spiro atoms. The van der Waals surface area contributed by atoms with E-state index in [1.165, 1.54) is 0 Å². The summed E-state index contributed by atoms with van der Waals surface area (Å²) in [7, 11) is 0. The summed E-state index contributed by atoms with van der Waals surface area (Å²) in [6, 6.07) is 18.1. The van der Waals surface area contributed by atoms with E-state index in [9.17, 15) is 9.59 Å². The third-order valence-corrected chi connectivity index (χ3v) is 5.05. The Labute approximate surface area is 168 Å². The summed E-state index contributed by atoms with van der Waals surface area (Å²) in [5.41, 5.74) is 6.80. The van der Waals surface area contributed by atoms with Gasteiger partial charge in [-0.1, -0.05) is 18.2 Å². The summed E-state index contributed by atoms with van der Waals surface area (Å²) in [4.78, 5) is 26.3. The fourth-order valence-electron chi connectivity index (χ4n) is 3.59. The van der Waals surface area contributed by atoms with Gasteiger partial charge < -0.3 is 15.4 Å². The molecule has 1 saturated heterocycles. The van der Waals surface area contributed by atoms with Gasteiger partial charge in [0.05, 0.1) is 11.7 Å². The van der Waals surface area contributed by atoms with Crippen molar-refractivity contribution in [3.05, 3.63) is 77.6 Å². The third kappa shape index (κ3) is 4.13. The highest BCUT2D eigenvalue weighted by atomic mass is 16.5. The predicted octanol–water partition coefficient (Wildman–Crippen LogP) is 3.67. The molecule has 0 aliphatic carbocycles. The highest BCUT2D eigenvalue weighted by molar-refractivity contribution is 5.95. The van der Waals surface area contributed by atoms with Gasteiger partial charge in [0, 0.05) is 12.1 Å². The number of likely N-dealkylation sites (tertiary alicyclic amines) is 1. The quantitative estimate of drug-likeness (QED) is 0.694. The van der Waals surface area contributed by atoms with Gasteiger partial charge in [-0.15, -0.1) is 0 Å². The molecule has 3 N–H and O–H groups in total. The van der Waals surface area contributed by atoms with Crippen LogP contribution in [0.4, 0.5) is 0 Å². The van der Waals surface area contributed by atoms with E-state index in [-0.39, 0.29) is 17.6 Å². The van der Waals surface area contributed by atoms with Crippen LogP contribution in [-0.2, 0) is 0 Å². The first-order valence-corrected chi connectivity index (χ1v) is 9.61. The number of carbonyl (C=O) groups is 2. The average Bonchev–Trinajstić information content (AvgIpc) is 3.25. The SMILES string of the molecule is NC(=O)c1cc(C2CCCCN2C(=O)c2ccc(Oc3ccccc3)cc2)[nH]n1. The lowest BCUT2D eigenvalue weighted by molar-refractivity contribution is 0.0606. The van der Waals surface area contributed by atoms with Gasteiger partial charge in [0.15, 0.2) is 0 Å². The van der Waals surface area contributed by atoms with Crippen LogP contribution >= 0.6 is 0 Å². The van der Waals surface area contributed by atoms with Crippen LogP contribution in [0.2, 0.25) is 0 Å². The second-order valence-electron chi connectivity index (χ2n) is 7.02. The minimum Gasteiger partial charge on any atom is -0.457 e. The van der Waals surface area contributed by atoms with Gasteiger partial charge in [-0.25, -0.2) is 0 Å². The summed E-state index contributed by atoms with van der Waals surface area (Å²) in [5, 5.41) is 6.82. The van der Waals surface area contributed by atoms with Crippen LogP contribution in [0.3, 0.4) is 0 Å². The molecular formula is C22H22N4O3. The van der Waals surface area contributed by atoms with Crippen molar-refractivity contribution in [3.8, 4) is 11.5 Å². The number of hydrogen-bond donors (Lipinski definition) is 2. The van der Waals surface area contributed by atoms with Gasteiger partial charge in [-0.05, 0) is 61.7 Å². The summed E-state index contributed by atoms with van der Waals surface area (Å²) >= 11 is 0. The minimum atomic E-state index is -0.588. The van der Waals surface area contributed by atoms with Gasteiger partial charge in [0.2, 0.25) is 0 Å². The molecule has 4 rings (SSSR count). The first kappa shape index (κ1) is 18.7. The lowest BCUT2D eigenvalue weighted by Gasteiger charge is -2.35. The zero-order chi connectivity index (χ0) is 20.2. The van der Waals surface area contributed by atoms with Gasteiger partial charge in [-0.3, -0.25) is 14.7 Å². The van der Waals surface area contributed by atoms with Crippen molar-refractivity contribution in [1.29, 1.82) is 0 Å². The van der Waals surface area contributed by atoms with Crippen molar-refractivity contribution in [1.82, 2.24) is 15.1 Å². The molecule has 1 fully saturated rings. The van der Waals surface area contributed by atoms with Crippen LogP contribution < -0.4 is 10.5 Å². The molecule has 1 unspecified atom stereocenters. The van der Waals surface area contributed by atoms with Crippen molar-refractivity contribution >= 4 is 11.8 Å². The van der Waals surface area contributed by atoms with E-state index in [2.05, 4.69) is 10.2 Å². The number of nitrogens with two attached hydrogens (primary N) is 1. The van der Waals surface area contributed by atoms with Crippen LogP contribution in [0, 0.1) is 0 Å². The Bertz CT molecular complexity index is 998. The Hall–Kier alpha value is -3.61. The molecule has 1 aromatic heterocycles. The second-order valence-corrected chi connectivity index (χ2v) is 7.02. The number of piperidine rings is 1. The Morgan fingerprint density at radius 1 is 1.03 bits per heavy atom. The molecule has 7 heteroatoms. The number of hydrogen-bond acceptors (Lipinski definition) is 4. The van der Waals surface area contributed by atoms with E-state index < -0.39 is 5.91 Å². The molecule has 2 aromatic carbocycles. The van der Waals surface area contributed by atoms with E-state index in [4.69, 9.17) is 10.5 Å². The normalized spacial score (nSPS) is 16.4. The number of carbonyl (C=O) groups excluding carboxylic acids is 2. The summed E-state index contributed by atoms with van der Waals surface area (Å²) < 4.78 is 5.79. The zero-order valence-electron chi connectivity index (χ0n) is 15.9.